The molecular weight excluding hydrogens is 264 g/mol. The smallest absolute Gasteiger partial charge is 0.270 e. The number of aromatic nitrogens is 1. The van der Waals surface area contributed by atoms with Crippen molar-refractivity contribution < 1.29 is 4.79 Å². The Morgan fingerprint density at radius 3 is 2.71 bits per heavy atom. The molecule has 106 valence electrons. The third-order valence-electron chi connectivity index (χ3n) is 3.81. The van der Waals surface area contributed by atoms with Gasteiger partial charge < -0.3 is 10.6 Å². The molecule has 21 heavy (non-hydrogen) atoms. The minimum Gasteiger partial charge on any atom is -0.348 e. The number of piperidine rings is 1. The number of pyridine rings is 1. The molecule has 1 fully saturated rings. The van der Waals surface area contributed by atoms with Gasteiger partial charge in [-0.25, -0.2) is 4.98 Å². The summed E-state index contributed by atoms with van der Waals surface area (Å²) < 4.78 is 0. The standard InChI is InChI=1S/C16H16N4O/c17-9-11-10-19-15(14-4-2-1-3-13(11)14)16(21)20-12-5-7-18-8-6-12/h1-4,10,12,18H,5-8H2,(H,20,21). The number of carbonyl (C=O) groups is 1. The zero-order valence-electron chi connectivity index (χ0n) is 11.6. The summed E-state index contributed by atoms with van der Waals surface area (Å²) in [4.78, 5) is 16.6. The number of fused-ring (bicyclic) bond motifs is 1. The Hall–Kier alpha value is -2.45. The molecule has 2 aromatic rings. The molecule has 2 heterocycles. The van der Waals surface area contributed by atoms with Crippen LogP contribution in [0.1, 0.15) is 28.9 Å². The number of amides is 1. The van der Waals surface area contributed by atoms with Crippen molar-refractivity contribution in [2.75, 3.05) is 13.1 Å². The molecule has 1 aliphatic rings. The molecule has 5 heteroatoms. The second-order valence-electron chi connectivity index (χ2n) is 5.18. The van der Waals surface area contributed by atoms with E-state index < -0.39 is 0 Å². The fraction of sp³-hybridized carbons (Fsp3) is 0.312. The van der Waals surface area contributed by atoms with Crippen LogP contribution in [-0.4, -0.2) is 30.0 Å². The second kappa shape index (κ2) is 5.90. The van der Waals surface area contributed by atoms with Crippen molar-refractivity contribution in [3.8, 4) is 6.07 Å². The van der Waals surface area contributed by atoms with E-state index in [1.807, 2.05) is 24.3 Å². The first-order chi connectivity index (χ1) is 10.3. The van der Waals surface area contributed by atoms with Gasteiger partial charge in [-0.3, -0.25) is 4.79 Å². The molecule has 1 aromatic carbocycles. The summed E-state index contributed by atoms with van der Waals surface area (Å²) >= 11 is 0. The quantitative estimate of drug-likeness (QED) is 0.875. The summed E-state index contributed by atoms with van der Waals surface area (Å²) in [5, 5.41) is 16.9. The molecule has 0 bridgehead atoms. The Morgan fingerprint density at radius 1 is 1.29 bits per heavy atom. The predicted molar refractivity (Wildman–Crippen MR) is 79.8 cm³/mol. The minimum atomic E-state index is -0.164. The summed E-state index contributed by atoms with van der Waals surface area (Å²) in [6.07, 6.45) is 3.33. The Balaban J connectivity index is 1.93. The third kappa shape index (κ3) is 2.71. The lowest BCUT2D eigenvalue weighted by atomic mass is 10.0. The van der Waals surface area contributed by atoms with E-state index in [2.05, 4.69) is 21.7 Å². The van der Waals surface area contributed by atoms with Crippen LogP contribution in [0.15, 0.2) is 30.5 Å². The first-order valence-corrected chi connectivity index (χ1v) is 7.09. The molecule has 1 amide bonds. The summed E-state index contributed by atoms with van der Waals surface area (Å²) in [6.45, 7) is 1.85. The zero-order valence-corrected chi connectivity index (χ0v) is 11.6. The summed E-state index contributed by atoms with van der Waals surface area (Å²) in [7, 11) is 0. The fourth-order valence-electron chi connectivity index (χ4n) is 2.68. The van der Waals surface area contributed by atoms with Crippen LogP contribution in [0.25, 0.3) is 10.8 Å². The minimum absolute atomic E-state index is 0.164. The molecule has 0 atom stereocenters. The van der Waals surface area contributed by atoms with Crippen LogP contribution in [0.4, 0.5) is 0 Å². The second-order valence-corrected chi connectivity index (χ2v) is 5.18. The number of benzene rings is 1. The van der Waals surface area contributed by atoms with Crippen LogP contribution in [-0.2, 0) is 0 Å². The van der Waals surface area contributed by atoms with Crippen molar-refractivity contribution in [1.29, 1.82) is 5.26 Å². The number of nitrogens with zero attached hydrogens (tertiary/aromatic N) is 2. The first-order valence-electron chi connectivity index (χ1n) is 7.09. The molecule has 3 rings (SSSR count). The monoisotopic (exact) mass is 280 g/mol. The molecule has 2 N–H and O–H groups in total. The zero-order chi connectivity index (χ0) is 14.7. The van der Waals surface area contributed by atoms with Gasteiger partial charge >= 0.3 is 0 Å². The van der Waals surface area contributed by atoms with E-state index in [9.17, 15) is 4.79 Å². The topological polar surface area (TPSA) is 77.8 Å². The van der Waals surface area contributed by atoms with Crippen molar-refractivity contribution in [2.24, 2.45) is 0 Å². The Bertz CT molecular complexity index is 714. The van der Waals surface area contributed by atoms with Gasteiger partial charge in [0.1, 0.15) is 11.8 Å². The van der Waals surface area contributed by atoms with E-state index in [0.717, 1.165) is 36.7 Å². The maximum atomic E-state index is 12.4. The summed E-state index contributed by atoms with van der Waals surface area (Å²) in [5.74, 6) is -0.164. The maximum Gasteiger partial charge on any atom is 0.270 e. The Kier molecular flexibility index (Phi) is 3.80. The number of hydrogen-bond donors (Lipinski definition) is 2. The molecular formula is C16H16N4O. The van der Waals surface area contributed by atoms with E-state index in [0.29, 0.717) is 11.3 Å². The number of rotatable bonds is 2. The average molecular weight is 280 g/mol. The lowest BCUT2D eigenvalue weighted by Crippen LogP contribution is -2.43. The molecule has 0 aliphatic carbocycles. The molecule has 1 aromatic heterocycles. The summed E-state index contributed by atoms with van der Waals surface area (Å²) in [5.41, 5.74) is 0.882. The van der Waals surface area contributed by atoms with Crippen LogP contribution in [0.3, 0.4) is 0 Å². The van der Waals surface area contributed by atoms with Gasteiger partial charge in [-0.15, -0.1) is 0 Å². The van der Waals surface area contributed by atoms with Crippen molar-refractivity contribution in [2.45, 2.75) is 18.9 Å². The number of nitrogens with one attached hydrogen (secondary N) is 2. The van der Waals surface area contributed by atoms with E-state index in [1.54, 1.807) is 0 Å². The van der Waals surface area contributed by atoms with E-state index >= 15 is 0 Å². The highest BCUT2D eigenvalue weighted by Crippen LogP contribution is 2.20. The van der Waals surface area contributed by atoms with E-state index in [1.165, 1.54) is 6.20 Å². The summed E-state index contributed by atoms with van der Waals surface area (Å²) in [6, 6.07) is 9.70. The van der Waals surface area contributed by atoms with Gasteiger partial charge in [-0.2, -0.15) is 5.26 Å². The van der Waals surface area contributed by atoms with Crippen LogP contribution in [0, 0.1) is 11.3 Å². The third-order valence-corrected chi connectivity index (χ3v) is 3.81. The van der Waals surface area contributed by atoms with Gasteiger partial charge in [-0.1, -0.05) is 24.3 Å². The van der Waals surface area contributed by atoms with Crippen LogP contribution in [0.2, 0.25) is 0 Å². The van der Waals surface area contributed by atoms with E-state index in [-0.39, 0.29) is 11.9 Å². The largest absolute Gasteiger partial charge is 0.348 e. The first kappa shape index (κ1) is 13.5. The van der Waals surface area contributed by atoms with E-state index in [4.69, 9.17) is 5.26 Å². The maximum absolute atomic E-state index is 12.4. The van der Waals surface area contributed by atoms with Crippen molar-refractivity contribution in [1.82, 2.24) is 15.6 Å². The van der Waals surface area contributed by atoms with Gasteiger partial charge in [0.05, 0.1) is 5.56 Å². The molecule has 0 unspecified atom stereocenters. The molecule has 0 saturated carbocycles. The van der Waals surface area contributed by atoms with Crippen molar-refractivity contribution in [3.63, 3.8) is 0 Å². The van der Waals surface area contributed by atoms with Gasteiger partial charge in [0.2, 0.25) is 0 Å². The van der Waals surface area contributed by atoms with Crippen molar-refractivity contribution >= 4 is 16.7 Å². The molecule has 1 aliphatic heterocycles. The number of hydrogen-bond acceptors (Lipinski definition) is 4. The lowest BCUT2D eigenvalue weighted by molar-refractivity contribution is 0.0926. The van der Waals surface area contributed by atoms with Crippen LogP contribution >= 0.6 is 0 Å². The molecule has 0 spiro atoms. The van der Waals surface area contributed by atoms with Gasteiger partial charge in [0.25, 0.3) is 5.91 Å². The average Bonchev–Trinajstić information content (AvgIpc) is 2.54. The number of carbonyl (C=O) groups excluding carboxylic acids is 1. The van der Waals surface area contributed by atoms with Crippen molar-refractivity contribution in [3.05, 3.63) is 41.7 Å². The molecule has 0 radical (unpaired) electrons. The SMILES string of the molecule is N#Cc1cnc(C(=O)NC2CCNCC2)c2ccccc12. The van der Waals surface area contributed by atoms with Gasteiger partial charge in [0, 0.05) is 23.0 Å². The fourth-order valence-corrected chi connectivity index (χ4v) is 2.68. The van der Waals surface area contributed by atoms with Crippen LogP contribution in [0.5, 0.6) is 0 Å². The van der Waals surface area contributed by atoms with Crippen LogP contribution < -0.4 is 10.6 Å². The normalized spacial score (nSPS) is 15.6. The highest BCUT2D eigenvalue weighted by atomic mass is 16.1. The molecule has 5 nitrogen and oxygen atoms in total. The van der Waals surface area contributed by atoms with Gasteiger partial charge in [0.15, 0.2) is 0 Å². The van der Waals surface area contributed by atoms with Gasteiger partial charge in [-0.05, 0) is 25.9 Å². The predicted octanol–water partition coefficient (Wildman–Crippen LogP) is 1.59. The highest BCUT2D eigenvalue weighted by Gasteiger charge is 2.19. The Labute approximate surface area is 123 Å². The molecule has 1 saturated heterocycles. The highest BCUT2D eigenvalue weighted by molar-refractivity contribution is 6.06. The number of nitriles is 1. The lowest BCUT2D eigenvalue weighted by Gasteiger charge is -2.23. The Morgan fingerprint density at radius 2 is 2.00 bits per heavy atom.